The van der Waals surface area contributed by atoms with Gasteiger partial charge in [0, 0.05) is 11.0 Å². The van der Waals surface area contributed by atoms with E-state index in [0.717, 1.165) is 15.6 Å². The van der Waals surface area contributed by atoms with Crippen molar-refractivity contribution in [3.05, 3.63) is 57.8 Å². The third-order valence-corrected chi connectivity index (χ3v) is 2.94. The molecule has 2 nitrogen and oxygen atoms in total. The summed E-state index contributed by atoms with van der Waals surface area (Å²) in [5.41, 5.74) is 7.45. The van der Waals surface area contributed by atoms with Crippen LogP contribution in [0.2, 0.25) is 0 Å². The van der Waals surface area contributed by atoms with Crippen LogP contribution in [0.1, 0.15) is 11.1 Å². The lowest BCUT2D eigenvalue weighted by atomic mass is 10.2. The van der Waals surface area contributed by atoms with E-state index >= 15 is 0 Å². The van der Waals surface area contributed by atoms with Crippen molar-refractivity contribution >= 4 is 15.9 Å². The molecule has 0 amide bonds. The number of benzene rings is 2. The van der Waals surface area contributed by atoms with E-state index in [1.54, 1.807) is 24.3 Å². The van der Waals surface area contributed by atoms with Crippen LogP contribution in [0.5, 0.6) is 11.5 Å². The second-order valence-corrected chi connectivity index (χ2v) is 4.95. The Hall–Kier alpha value is -1.39. The summed E-state index contributed by atoms with van der Waals surface area (Å²) < 4.78 is 20.0. The Labute approximate surface area is 114 Å². The fourth-order valence-corrected chi connectivity index (χ4v) is 2.13. The van der Waals surface area contributed by atoms with Crippen LogP contribution < -0.4 is 10.5 Å². The van der Waals surface area contributed by atoms with Gasteiger partial charge >= 0.3 is 0 Å². The molecular formula is C14H13BrFNO. The standard InChI is InChI=1S/C14H13BrFNO/c1-9-2-3-13(16)14(4-9)18-12-6-10(8-17)5-11(15)7-12/h2-7H,8,17H2,1H3. The van der Waals surface area contributed by atoms with Gasteiger partial charge in [0.05, 0.1) is 0 Å². The summed E-state index contributed by atoms with van der Waals surface area (Å²) in [6.45, 7) is 2.30. The SMILES string of the molecule is Cc1ccc(F)c(Oc2cc(Br)cc(CN)c2)c1. The molecule has 0 saturated carbocycles. The second kappa shape index (κ2) is 5.50. The molecule has 0 radical (unpaired) electrons. The zero-order valence-corrected chi connectivity index (χ0v) is 11.5. The average Bonchev–Trinajstić information content (AvgIpc) is 2.33. The minimum atomic E-state index is -0.380. The zero-order chi connectivity index (χ0) is 13.1. The lowest BCUT2D eigenvalue weighted by molar-refractivity contribution is 0.441. The van der Waals surface area contributed by atoms with Gasteiger partial charge in [-0.15, -0.1) is 0 Å². The van der Waals surface area contributed by atoms with Crippen molar-refractivity contribution in [1.29, 1.82) is 0 Å². The van der Waals surface area contributed by atoms with Crippen LogP contribution in [-0.4, -0.2) is 0 Å². The van der Waals surface area contributed by atoms with Gasteiger partial charge < -0.3 is 10.5 Å². The molecule has 0 aliphatic rings. The number of aryl methyl sites for hydroxylation is 1. The molecule has 0 heterocycles. The molecule has 4 heteroatoms. The van der Waals surface area contributed by atoms with Crippen molar-refractivity contribution in [3.63, 3.8) is 0 Å². The third-order valence-electron chi connectivity index (χ3n) is 2.48. The monoisotopic (exact) mass is 309 g/mol. The van der Waals surface area contributed by atoms with Gasteiger partial charge in [-0.2, -0.15) is 0 Å². The molecule has 0 atom stereocenters. The van der Waals surface area contributed by atoms with Gasteiger partial charge in [0.25, 0.3) is 0 Å². The van der Waals surface area contributed by atoms with Crippen LogP contribution in [0.4, 0.5) is 4.39 Å². The molecule has 2 N–H and O–H groups in total. The van der Waals surface area contributed by atoms with Gasteiger partial charge in [0.1, 0.15) is 5.75 Å². The quantitative estimate of drug-likeness (QED) is 0.924. The number of nitrogens with two attached hydrogens (primary N) is 1. The molecule has 0 saturated heterocycles. The summed E-state index contributed by atoms with van der Waals surface area (Å²) in [6, 6.07) is 10.2. The fraction of sp³-hybridized carbons (Fsp3) is 0.143. The van der Waals surface area contributed by atoms with E-state index in [0.29, 0.717) is 12.3 Å². The molecule has 0 spiro atoms. The van der Waals surface area contributed by atoms with Crippen molar-refractivity contribution in [2.75, 3.05) is 0 Å². The van der Waals surface area contributed by atoms with Gasteiger partial charge in [-0.25, -0.2) is 4.39 Å². The molecular weight excluding hydrogens is 297 g/mol. The third kappa shape index (κ3) is 3.09. The molecule has 0 aliphatic heterocycles. The van der Waals surface area contributed by atoms with E-state index in [2.05, 4.69) is 15.9 Å². The first-order chi connectivity index (χ1) is 8.58. The summed E-state index contributed by atoms with van der Waals surface area (Å²) in [4.78, 5) is 0. The normalized spacial score (nSPS) is 10.4. The molecule has 18 heavy (non-hydrogen) atoms. The maximum Gasteiger partial charge on any atom is 0.165 e. The Balaban J connectivity index is 2.33. The van der Waals surface area contributed by atoms with Gasteiger partial charge in [-0.1, -0.05) is 22.0 Å². The highest BCUT2D eigenvalue weighted by Crippen LogP contribution is 2.28. The van der Waals surface area contributed by atoms with Crippen molar-refractivity contribution in [2.24, 2.45) is 5.73 Å². The second-order valence-electron chi connectivity index (χ2n) is 4.04. The Kier molecular flexibility index (Phi) is 3.99. The Morgan fingerprint density at radius 3 is 2.72 bits per heavy atom. The largest absolute Gasteiger partial charge is 0.454 e. The first-order valence-electron chi connectivity index (χ1n) is 5.52. The zero-order valence-electron chi connectivity index (χ0n) is 9.91. The van der Waals surface area contributed by atoms with Crippen LogP contribution in [0.25, 0.3) is 0 Å². The minimum Gasteiger partial charge on any atom is -0.454 e. The average molecular weight is 310 g/mol. The van der Waals surface area contributed by atoms with Crippen LogP contribution in [0.15, 0.2) is 40.9 Å². The van der Waals surface area contributed by atoms with E-state index in [1.165, 1.54) is 6.07 Å². The first-order valence-corrected chi connectivity index (χ1v) is 6.31. The lowest BCUT2D eigenvalue weighted by Crippen LogP contribution is -1.97. The van der Waals surface area contributed by atoms with E-state index < -0.39 is 0 Å². The first kappa shape index (κ1) is 13.1. The van der Waals surface area contributed by atoms with Crippen molar-refractivity contribution in [1.82, 2.24) is 0 Å². The molecule has 2 aromatic rings. The van der Waals surface area contributed by atoms with Gasteiger partial charge in [0.2, 0.25) is 0 Å². The molecule has 94 valence electrons. The highest BCUT2D eigenvalue weighted by molar-refractivity contribution is 9.10. The molecule has 2 rings (SSSR count). The molecule has 0 bridgehead atoms. The van der Waals surface area contributed by atoms with Crippen LogP contribution in [0.3, 0.4) is 0 Å². The van der Waals surface area contributed by atoms with Gasteiger partial charge in [0.15, 0.2) is 11.6 Å². The lowest BCUT2D eigenvalue weighted by Gasteiger charge is -2.09. The summed E-state index contributed by atoms with van der Waals surface area (Å²) >= 11 is 3.37. The Morgan fingerprint density at radius 1 is 1.22 bits per heavy atom. The molecule has 0 aromatic heterocycles. The van der Waals surface area contributed by atoms with E-state index in [4.69, 9.17) is 10.5 Å². The number of halogens is 2. The predicted molar refractivity (Wildman–Crippen MR) is 73.2 cm³/mol. The van der Waals surface area contributed by atoms with Gasteiger partial charge in [-0.05, 0) is 48.4 Å². The smallest absolute Gasteiger partial charge is 0.165 e. The maximum atomic E-state index is 13.6. The molecule has 2 aromatic carbocycles. The van der Waals surface area contributed by atoms with Crippen molar-refractivity contribution < 1.29 is 9.13 Å². The van der Waals surface area contributed by atoms with E-state index in [1.807, 2.05) is 13.0 Å². The Morgan fingerprint density at radius 2 is 2.00 bits per heavy atom. The summed E-state index contributed by atoms with van der Waals surface area (Å²) in [5, 5.41) is 0. The summed E-state index contributed by atoms with van der Waals surface area (Å²) in [6.07, 6.45) is 0. The van der Waals surface area contributed by atoms with Crippen LogP contribution >= 0.6 is 15.9 Å². The number of hydrogen-bond donors (Lipinski definition) is 1. The highest BCUT2D eigenvalue weighted by atomic mass is 79.9. The fourth-order valence-electron chi connectivity index (χ4n) is 1.61. The van der Waals surface area contributed by atoms with Crippen molar-refractivity contribution in [3.8, 4) is 11.5 Å². The molecule has 0 unspecified atom stereocenters. The molecule has 0 fully saturated rings. The van der Waals surface area contributed by atoms with Crippen LogP contribution in [-0.2, 0) is 6.54 Å². The number of hydrogen-bond acceptors (Lipinski definition) is 2. The van der Waals surface area contributed by atoms with Crippen LogP contribution in [0, 0.1) is 12.7 Å². The summed E-state index contributed by atoms with van der Waals surface area (Å²) in [7, 11) is 0. The summed E-state index contributed by atoms with van der Waals surface area (Å²) in [5.74, 6) is 0.403. The van der Waals surface area contributed by atoms with E-state index in [-0.39, 0.29) is 11.6 Å². The minimum absolute atomic E-state index is 0.219. The molecule has 0 aliphatic carbocycles. The predicted octanol–water partition coefficient (Wildman–Crippen LogP) is 4.15. The highest BCUT2D eigenvalue weighted by Gasteiger charge is 2.06. The Bertz CT molecular complexity index is 572. The van der Waals surface area contributed by atoms with Gasteiger partial charge in [-0.3, -0.25) is 0 Å². The number of ether oxygens (including phenoxy) is 1. The topological polar surface area (TPSA) is 35.2 Å². The maximum absolute atomic E-state index is 13.6. The van der Waals surface area contributed by atoms with Crippen molar-refractivity contribution in [2.45, 2.75) is 13.5 Å². The number of rotatable bonds is 3. The van der Waals surface area contributed by atoms with E-state index in [9.17, 15) is 4.39 Å².